The van der Waals surface area contributed by atoms with E-state index < -0.39 is 30.1 Å². The van der Waals surface area contributed by atoms with Crippen molar-refractivity contribution >= 4 is 5.97 Å². The van der Waals surface area contributed by atoms with Crippen molar-refractivity contribution in [2.45, 2.75) is 25.2 Å². The average molecular weight is 295 g/mol. The summed E-state index contributed by atoms with van der Waals surface area (Å²) in [6.07, 6.45) is -6.67. The van der Waals surface area contributed by atoms with Crippen molar-refractivity contribution in [1.82, 2.24) is 0 Å². The number of hydrogen-bond donors (Lipinski definition) is 1. The normalized spacial score (nSPS) is 14.6. The number of carbonyl (C=O) groups is 1. The molecule has 0 bridgehead atoms. The Labute approximate surface area is 112 Å². The summed E-state index contributed by atoms with van der Waals surface area (Å²) in [7, 11) is 1.28. The zero-order valence-corrected chi connectivity index (χ0v) is 10.7. The highest BCUT2D eigenvalue weighted by Gasteiger charge is 2.42. The van der Waals surface area contributed by atoms with Crippen molar-refractivity contribution in [2.75, 3.05) is 7.11 Å². The highest BCUT2D eigenvalue weighted by molar-refractivity contribution is 5.75. The lowest BCUT2D eigenvalue weighted by molar-refractivity contribution is -0.205. The number of methoxy groups -OCH3 is 1. The fourth-order valence-corrected chi connectivity index (χ4v) is 1.45. The summed E-state index contributed by atoms with van der Waals surface area (Å²) < 4.78 is 58.4. The molecule has 0 fully saturated rings. The molecule has 8 heteroatoms. The number of alkyl halides is 3. The van der Waals surface area contributed by atoms with Gasteiger partial charge in [-0.25, -0.2) is 9.18 Å². The number of benzene rings is 1. The topological polar surface area (TPSA) is 61.6 Å². The lowest BCUT2D eigenvalue weighted by Crippen LogP contribution is -2.37. The summed E-state index contributed by atoms with van der Waals surface area (Å²) in [5, 5.41) is 0. The van der Waals surface area contributed by atoms with Crippen molar-refractivity contribution in [3.05, 3.63) is 29.6 Å². The van der Waals surface area contributed by atoms with Crippen molar-refractivity contribution in [2.24, 2.45) is 5.73 Å². The Morgan fingerprint density at radius 1 is 1.35 bits per heavy atom. The lowest BCUT2D eigenvalue weighted by Gasteiger charge is -2.21. The third-order valence-corrected chi connectivity index (χ3v) is 2.67. The minimum Gasteiger partial charge on any atom is -0.494 e. The van der Waals surface area contributed by atoms with Crippen LogP contribution in [0.15, 0.2) is 18.2 Å². The third kappa shape index (κ3) is 3.83. The van der Waals surface area contributed by atoms with Crippen LogP contribution >= 0.6 is 0 Å². The SMILES string of the molecule is COc1ccc(C(C)C(N)OC(=O)C(F)(F)F)cc1F. The first-order valence-electron chi connectivity index (χ1n) is 5.53. The maximum Gasteiger partial charge on any atom is 0.490 e. The fourth-order valence-electron chi connectivity index (χ4n) is 1.45. The number of halogens is 4. The molecule has 1 aromatic carbocycles. The smallest absolute Gasteiger partial charge is 0.490 e. The van der Waals surface area contributed by atoms with Crippen LogP contribution in [0.3, 0.4) is 0 Å². The fraction of sp³-hybridized carbons (Fsp3) is 0.417. The summed E-state index contributed by atoms with van der Waals surface area (Å²) in [5.74, 6) is -3.90. The summed E-state index contributed by atoms with van der Waals surface area (Å²) in [5.41, 5.74) is 5.65. The molecule has 0 aromatic heterocycles. The number of esters is 1. The molecule has 112 valence electrons. The Morgan fingerprint density at radius 3 is 2.40 bits per heavy atom. The molecule has 0 saturated carbocycles. The van der Waals surface area contributed by atoms with E-state index in [4.69, 9.17) is 10.5 Å². The Hall–Kier alpha value is -1.83. The zero-order valence-electron chi connectivity index (χ0n) is 10.7. The van der Waals surface area contributed by atoms with Gasteiger partial charge in [0.05, 0.1) is 7.11 Å². The molecule has 0 heterocycles. The Balaban J connectivity index is 2.81. The van der Waals surface area contributed by atoms with Crippen molar-refractivity contribution in [1.29, 1.82) is 0 Å². The predicted octanol–water partition coefficient (Wildman–Crippen LogP) is 2.33. The van der Waals surface area contributed by atoms with Gasteiger partial charge in [0.2, 0.25) is 0 Å². The van der Waals surface area contributed by atoms with Crippen LogP contribution in [0.4, 0.5) is 17.6 Å². The van der Waals surface area contributed by atoms with Crippen LogP contribution in [-0.2, 0) is 9.53 Å². The second kappa shape index (κ2) is 6.08. The first-order chi connectivity index (χ1) is 9.16. The molecule has 0 aliphatic rings. The van der Waals surface area contributed by atoms with Gasteiger partial charge in [0.15, 0.2) is 17.8 Å². The molecule has 1 rings (SSSR count). The number of ether oxygens (including phenoxy) is 2. The quantitative estimate of drug-likeness (QED) is 0.526. The second-order valence-electron chi connectivity index (χ2n) is 4.05. The van der Waals surface area contributed by atoms with E-state index in [9.17, 15) is 22.4 Å². The van der Waals surface area contributed by atoms with Crippen LogP contribution in [0, 0.1) is 5.82 Å². The molecule has 2 N–H and O–H groups in total. The number of nitrogens with two attached hydrogens (primary N) is 1. The summed E-state index contributed by atoms with van der Waals surface area (Å²) in [4.78, 5) is 10.7. The highest BCUT2D eigenvalue weighted by Crippen LogP contribution is 2.26. The lowest BCUT2D eigenvalue weighted by atomic mass is 9.99. The van der Waals surface area contributed by atoms with Crippen LogP contribution in [0.5, 0.6) is 5.75 Å². The minimum absolute atomic E-state index is 0.0122. The first kappa shape index (κ1) is 16.2. The van der Waals surface area contributed by atoms with Crippen LogP contribution in [0.2, 0.25) is 0 Å². The van der Waals surface area contributed by atoms with Gasteiger partial charge in [-0.2, -0.15) is 13.2 Å². The molecule has 20 heavy (non-hydrogen) atoms. The molecule has 0 saturated heterocycles. The average Bonchev–Trinajstić information content (AvgIpc) is 2.36. The molecule has 0 radical (unpaired) electrons. The molecular weight excluding hydrogens is 282 g/mol. The monoisotopic (exact) mass is 295 g/mol. The van der Waals surface area contributed by atoms with Gasteiger partial charge in [0.1, 0.15) is 0 Å². The molecule has 0 amide bonds. The molecule has 0 aliphatic carbocycles. The summed E-state index contributed by atoms with van der Waals surface area (Å²) >= 11 is 0. The van der Waals surface area contributed by atoms with Crippen LogP contribution in [0.25, 0.3) is 0 Å². The summed E-state index contributed by atoms with van der Waals surface area (Å²) in [6, 6.07) is 3.79. The van der Waals surface area contributed by atoms with E-state index in [1.807, 2.05) is 0 Å². The van der Waals surface area contributed by atoms with Crippen LogP contribution in [0.1, 0.15) is 18.4 Å². The van der Waals surface area contributed by atoms with Gasteiger partial charge < -0.3 is 9.47 Å². The minimum atomic E-state index is -5.12. The molecule has 0 spiro atoms. The van der Waals surface area contributed by atoms with Gasteiger partial charge in [-0.1, -0.05) is 13.0 Å². The Kier molecular flexibility index (Phi) is 4.93. The van der Waals surface area contributed by atoms with E-state index in [0.29, 0.717) is 0 Å². The summed E-state index contributed by atoms with van der Waals surface area (Å²) in [6.45, 7) is 1.41. The maximum absolute atomic E-state index is 13.5. The molecule has 2 atom stereocenters. The maximum atomic E-state index is 13.5. The second-order valence-corrected chi connectivity index (χ2v) is 4.05. The number of hydrogen-bond acceptors (Lipinski definition) is 4. The van der Waals surface area contributed by atoms with Crippen molar-refractivity contribution < 1.29 is 31.8 Å². The van der Waals surface area contributed by atoms with E-state index >= 15 is 0 Å². The van der Waals surface area contributed by atoms with Crippen LogP contribution < -0.4 is 10.5 Å². The molecular formula is C12H13F4NO3. The molecule has 2 unspecified atom stereocenters. The van der Waals surface area contributed by atoms with E-state index in [-0.39, 0.29) is 11.3 Å². The standard InChI is InChI=1S/C12H13F4NO3/c1-6(10(17)20-11(18)12(14,15)16)7-3-4-9(19-2)8(13)5-7/h3-6,10H,17H2,1-2H3. The molecule has 4 nitrogen and oxygen atoms in total. The first-order valence-corrected chi connectivity index (χ1v) is 5.53. The van der Waals surface area contributed by atoms with E-state index in [1.54, 1.807) is 0 Å². The van der Waals surface area contributed by atoms with Gasteiger partial charge in [-0.3, -0.25) is 5.73 Å². The number of rotatable bonds is 4. The highest BCUT2D eigenvalue weighted by atomic mass is 19.4. The Morgan fingerprint density at radius 2 is 1.95 bits per heavy atom. The van der Waals surface area contributed by atoms with Gasteiger partial charge in [0.25, 0.3) is 0 Å². The zero-order chi connectivity index (χ0) is 15.5. The molecule has 0 aliphatic heterocycles. The largest absolute Gasteiger partial charge is 0.494 e. The van der Waals surface area contributed by atoms with E-state index in [1.165, 1.54) is 26.2 Å². The predicted molar refractivity (Wildman–Crippen MR) is 61.5 cm³/mol. The van der Waals surface area contributed by atoms with Gasteiger partial charge in [-0.15, -0.1) is 0 Å². The van der Waals surface area contributed by atoms with Crippen LogP contribution in [-0.4, -0.2) is 25.5 Å². The van der Waals surface area contributed by atoms with Gasteiger partial charge in [0, 0.05) is 5.92 Å². The van der Waals surface area contributed by atoms with Crippen molar-refractivity contribution in [3.63, 3.8) is 0 Å². The van der Waals surface area contributed by atoms with Gasteiger partial charge in [-0.05, 0) is 17.7 Å². The molecule has 1 aromatic rings. The van der Waals surface area contributed by atoms with Gasteiger partial charge >= 0.3 is 12.1 Å². The van der Waals surface area contributed by atoms with E-state index in [0.717, 1.165) is 6.07 Å². The van der Waals surface area contributed by atoms with E-state index in [2.05, 4.69) is 4.74 Å². The number of carbonyl (C=O) groups excluding carboxylic acids is 1. The van der Waals surface area contributed by atoms with Crippen molar-refractivity contribution in [3.8, 4) is 5.75 Å². The Bertz CT molecular complexity index is 490. The third-order valence-electron chi connectivity index (χ3n) is 2.67.